The Morgan fingerprint density at radius 2 is 1.05 bits per heavy atom. The summed E-state index contributed by atoms with van der Waals surface area (Å²) in [6, 6.07) is 20.3. The number of nitrogens with zero attached hydrogens (tertiary/aromatic N) is 7. The normalized spacial score (nSPS) is 14.8. The van der Waals surface area contributed by atoms with Gasteiger partial charge >= 0.3 is 23.9 Å². The molecule has 3 heterocycles. The van der Waals surface area contributed by atoms with Gasteiger partial charge in [-0.05, 0) is 111 Å². The van der Waals surface area contributed by atoms with Crippen LogP contribution in [0.5, 0.6) is 0 Å². The number of carbonyl (C=O) groups excluding carboxylic acids is 4. The van der Waals surface area contributed by atoms with Crippen LogP contribution in [0.1, 0.15) is 187 Å². The predicted molar refractivity (Wildman–Crippen MR) is 334 cm³/mol. The third-order valence-corrected chi connectivity index (χ3v) is 15.1. The van der Waals surface area contributed by atoms with Gasteiger partial charge in [-0.25, -0.2) is 19.2 Å². The molecule has 19 nitrogen and oxygen atoms in total. The van der Waals surface area contributed by atoms with Crippen LogP contribution in [0.3, 0.4) is 0 Å². The molecule has 0 spiro atoms. The van der Waals surface area contributed by atoms with Gasteiger partial charge in [-0.2, -0.15) is 0 Å². The van der Waals surface area contributed by atoms with Gasteiger partial charge in [0.25, 0.3) is 5.90 Å². The highest BCUT2D eigenvalue weighted by atomic mass is 16.7. The largest absolute Gasteiger partial charge is 0.459 e. The summed E-state index contributed by atoms with van der Waals surface area (Å²) in [5, 5.41) is 20.6. The Labute approximate surface area is 493 Å². The molecule has 0 radical (unpaired) electrons. The third-order valence-electron chi connectivity index (χ3n) is 15.1. The van der Waals surface area contributed by atoms with Gasteiger partial charge in [0.05, 0.1) is 52.5 Å². The number of unbranched alkanes of at least 4 members (excludes halogenated alkanes) is 3. The van der Waals surface area contributed by atoms with E-state index in [1.54, 1.807) is 19.9 Å². The van der Waals surface area contributed by atoms with Gasteiger partial charge in [0.2, 0.25) is 0 Å². The lowest BCUT2D eigenvalue weighted by atomic mass is 9.98. The highest BCUT2D eigenvalue weighted by molar-refractivity contribution is 6.19. The summed E-state index contributed by atoms with van der Waals surface area (Å²) in [5.74, 6) is -1.93. The van der Waals surface area contributed by atoms with Crippen LogP contribution in [0.25, 0.3) is 43.6 Å². The third kappa shape index (κ3) is 16.8. The number of rotatable bonds is 25. The summed E-state index contributed by atoms with van der Waals surface area (Å²) in [6.07, 6.45) is 16.3. The topological polar surface area (TPSA) is 238 Å². The zero-order valence-electron chi connectivity index (χ0n) is 50.9. The molecule has 0 bridgehead atoms. The maximum absolute atomic E-state index is 12.2. The summed E-state index contributed by atoms with van der Waals surface area (Å²) in [6.45, 7) is 20.2. The number of ether oxygens (including phenoxy) is 2. The SMILES string of the molecule is CCCC/C(=N\OC(=O)C(C)C)c1ccc2c(c1)c1cc(/C(COC3CCCCC3)=N/OC(C)=O)ccc1n2CCCC.CCCCn1c2c(N)cc(/C(=N/OC(C)=O)OCN3CCCC3)cc2c2cc(/C(CCC)=N/OC(C)=O)cc(N)c21. The van der Waals surface area contributed by atoms with Crippen molar-refractivity contribution in [3.8, 4) is 0 Å². The number of fused-ring (bicyclic) bond motifs is 6. The van der Waals surface area contributed by atoms with Crippen LogP contribution < -0.4 is 11.5 Å². The molecular formula is C65H87N9O10. The van der Waals surface area contributed by atoms with Crippen LogP contribution in [-0.4, -0.2) is 93.5 Å². The first kappa shape index (κ1) is 63.9. The van der Waals surface area contributed by atoms with Gasteiger partial charge in [0.1, 0.15) is 12.4 Å². The van der Waals surface area contributed by atoms with E-state index in [1.165, 1.54) is 40.0 Å². The van der Waals surface area contributed by atoms with E-state index in [1.807, 2.05) is 31.2 Å². The summed E-state index contributed by atoms with van der Waals surface area (Å²) in [4.78, 5) is 69.6. The van der Waals surface area contributed by atoms with Crippen LogP contribution in [0, 0.1) is 5.92 Å². The lowest BCUT2D eigenvalue weighted by Gasteiger charge is -2.22. The average molecular weight is 1150 g/mol. The second-order valence-electron chi connectivity index (χ2n) is 22.2. The summed E-state index contributed by atoms with van der Waals surface area (Å²) >= 11 is 0. The Morgan fingerprint density at radius 1 is 0.548 bits per heavy atom. The number of oxime groups is 4. The molecule has 0 unspecified atom stereocenters. The molecule has 1 aliphatic heterocycles. The van der Waals surface area contributed by atoms with Gasteiger partial charge in [-0.15, -0.1) is 0 Å². The van der Waals surface area contributed by atoms with Crippen molar-refractivity contribution in [2.75, 3.05) is 37.9 Å². The van der Waals surface area contributed by atoms with E-state index in [2.05, 4.69) is 85.8 Å². The van der Waals surface area contributed by atoms with E-state index in [4.69, 9.17) is 40.3 Å². The first-order valence-corrected chi connectivity index (χ1v) is 30.3. The molecule has 0 atom stereocenters. The monoisotopic (exact) mass is 1150 g/mol. The minimum atomic E-state index is -0.551. The Balaban J connectivity index is 0.000000241. The second kappa shape index (κ2) is 31.3. The molecule has 1 aliphatic carbocycles. The van der Waals surface area contributed by atoms with E-state index in [0.717, 1.165) is 163 Å². The molecule has 2 fully saturated rings. The van der Waals surface area contributed by atoms with Crippen LogP contribution in [0.2, 0.25) is 0 Å². The van der Waals surface area contributed by atoms with Crippen LogP contribution >= 0.6 is 0 Å². The van der Waals surface area contributed by atoms with E-state index in [0.29, 0.717) is 47.9 Å². The van der Waals surface area contributed by atoms with E-state index in [9.17, 15) is 19.2 Å². The molecule has 1 saturated heterocycles. The molecule has 6 aromatic rings. The second-order valence-corrected chi connectivity index (χ2v) is 22.2. The standard InChI is InChI=1S/C35H47N3O5.C30H40N6O5/c1-6-8-15-31(36-43-35(40)24(3)4)26-16-18-33-29(21-26)30-22-27(17-19-34(30)38(33)20-9-7-2)32(37-42-25(5)39)23-41-28-13-11-10-12-14-28;1-5-7-13-36-28-23(14-21(16-25(28)31)27(10-6-2)33-40-19(3)37)24-15-22(17-26(32)29(24)36)30(34-41-20(4)38)39-18-35-11-8-9-12-35/h16-19,21-22,24,28H,6-15,20,23H2,1-5H3;14-17H,5-13,18,31-32H2,1-4H3/b36-31+,37-32+;33-27+,34-30-. The number of hydrogen-bond donors (Lipinski definition) is 2. The zero-order valence-corrected chi connectivity index (χ0v) is 50.9. The fourth-order valence-corrected chi connectivity index (χ4v) is 10.7. The molecule has 0 amide bonds. The predicted octanol–water partition coefficient (Wildman–Crippen LogP) is 13.4. The van der Waals surface area contributed by atoms with Crippen molar-refractivity contribution in [1.29, 1.82) is 0 Å². The molecule has 84 heavy (non-hydrogen) atoms. The van der Waals surface area contributed by atoms with Gasteiger partial charge in [-0.3, -0.25) is 4.90 Å². The minimum Gasteiger partial charge on any atom is -0.459 e. The molecule has 4 N–H and O–H groups in total. The Kier molecular flexibility index (Phi) is 23.8. The number of nitrogen functional groups attached to an aromatic ring is 2. The van der Waals surface area contributed by atoms with Crippen molar-refractivity contribution >= 4 is 102 Å². The van der Waals surface area contributed by atoms with E-state index in [-0.39, 0.29) is 30.5 Å². The Morgan fingerprint density at radius 3 is 1.61 bits per heavy atom. The lowest BCUT2D eigenvalue weighted by molar-refractivity contribution is -0.147. The van der Waals surface area contributed by atoms with Gasteiger partial charge in [-0.1, -0.05) is 114 Å². The molecule has 1 saturated carbocycles. The number of carbonyl (C=O) groups is 4. The maximum Gasteiger partial charge on any atom is 0.337 e. The first-order chi connectivity index (χ1) is 40.5. The highest BCUT2D eigenvalue weighted by Crippen LogP contribution is 2.39. The van der Waals surface area contributed by atoms with Crippen molar-refractivity contribution in [2.45, 2.75) is 184 Å². The fraction of sp³-hybridized carbons (Fsp3) is 0.508. The summed E-state index contributed by atoms with van der Waals surface area (Å²) < 4.78 is 16.8. The number of aromatic nitrogens is 2. The first-order valence-electron chi connectivity index (χ1n) is 30.3. The highest BCUT2D eigenvalue weighted by Gasteiger charge is 2.24. The smallest absolute Gasteiger partial charge is 0.337 e. The molecule has 8 rings (SSSR count). The molecule has 2 aromatic heterocycles. The summed E-state index contributed by atoms with van der Waals surface area (Å²) in [7, 11) is 0. The average Bonchev–Trinajstić information content (AvgIpc) is 2.02. The number of anilines is 2. The van der Waals surface area contributed by atoms with E-state index < -0.39 is 17.9 Å². The van der Waals surface area contributed by atoms with Crippen molar-refractivity contribution in [3.63, 3.8) is 0 Å². The quantitative estimate of drug-likeness (QED) is 0.0178. The van der Waals surface area contributed by atoms with Crippen molar-refractivity contribution in [1.82, 2.24) is 14.0 Å². The van der Waals surface area contributed by atoms with Crippen molar-refractivity contribution in [2.24, 2.45) is 26.5 Å². The van der Waals surface area contributed by atoms with E-state index >= 15 is 0 Å². The molecule has 19 heteroatoms. The Hall–Kier alpha value is -7.64. The van der Waals surface area contributed by atoms with Gasteiger partial charge in [0.15, 0.2) is 0 Å². The maximum atomic E-state index is 12.2. The minimum absolute atomic E-state index is 0.169. The number of nitrogens with two attached hydrogens (primary N) is 2. The molecule has 452 valence electrons. The van der Waals surface area contributed by atoms with Crippen molar-refractivity contribution < 1.29 is 48.0 Å². The number of hydrogen-bond acceptors (Lipinski definition) is 17. The molecular weight excluding hydrogens is 1070 g/mol. The van der Waals surface area contributed by atoms with Gasteiger partial charge < -0.3 is 49.4 Å². The number of likely N-dealkylation sites (tertiary alicyclic amines) is 1. The number of benzene rings is 4. The summed E-state index contributed by atoms with van der Waals surface area (Å²) in [5.41, 5.74) is 23.6. The van der Waals surface area contributed by atoms with Gasteiger partial charge in [0, 0.05) is 102 Å². The fourth-order valence-electron chi connectivity index (χ4n) is 10.7. The van der Waals surface area contributed by atoms with Crippen LogP contribution in [0.4, 0.5) is 11.4 Å². The molecule has 4 aromatic carbocycles. The van der Waals surface area contributed by atoms with Crippen LogP contribution in [0.15, 0.2) is 81.3 Å². The molecule has 2 aliphatic rings. The number of aryl methyl sites for hydroxylation is 2. The zero-order chi connectivity index (χ0) is 60.3. The van der Waals surface area contributed by atoms with Crippen molar-refractivity contribution in [3.05, 3.63) is 82.9 Å². The van der Waals surface area contributed by atoms with Crippen LogP contribution in [-0.2, 0) is 61.1 Å². The lowest BCUT2D eigenvalue weighted by Crippen LogP contribution is -2.25. The Bertz CT molecular complexity index is 3400.